The quantitative estimate of drug-likeness (QED) is 0.891. The van der Waals surface area contributed by atoms with E-state index in [1.807, 2.05) is 25.1 Å². The summed E-state index contributed by atoms with van der Waals surface area (Å²) in [7, 11) is -0.945. The number of carbonyl (C=O) groups is 1. The van der Waals surface area contributed by atoms with Crippen molar-refractivity contribution in [3.05, 3.63) is 65.0 Å². The lowest BCUT2D eigenvalue weighted by atomic mass is 9.83. The Bertz CT molecular complexity index is 769. The lowest BCUT2D eigenvalue weighted by Gasteiger charge is -2.25. The molecule has 0 spiro atoms. The molecule has 5 heteroatoms. The van der Waals surface area contributed by atoms with E-state index in [2.05, 4.69) is 5.32 Å². The van der Waals surface area contributed by atoms with Gasteiger partial charge >= 0.3 is 0 Å². The molecule has 0 aliphatic rings. The van der Waals surface area contributed by atoms with E-state index >= 15 is 0 Å². The molecule has 3 nitrogen and oxygen atoms in total. The average Bonchev–Trinajstić information content (AvgIpc) is 2.51. The monoisotopic (exact) mass is 347 g/mol. The first-order valence-corrected chi connectivity index (χ1v) is 9.40. The Labute approximate surface area is 144 Å². The first-order valence-electron chi connectivity index (χ1n) is 7.68. The normalized spacial score (nSPS) is 12.7. The first kappa shape index (κ1) is 18.3. The van der Waals surface area contributed by atoms with Crippen LogP contribution >= 0.6 is 0 Å². The maximum absolute atomic E-state index is 13.1. The molecule has 0 aliphatic heterocycles. The summed E-state index contributed by atoms with van der Waals surface area (Å²) in [6.45, 7) is 5.51. The molecule has 2 aromatic carbocycles. The van der Waals surface area contributed by atoms with Gasteiger partial charge < -0.3 is 5.32 Å². The highest BCUT2D eigenvalue weighted by atomic mass is 32.2. The third-order valence-electron chi connectivity index (χ3n) is 4.19. The van der Waals surface area contributed by atoms with Crippen LogP contribution in [-0.2, 0) is 26.8 Å². The van der Waals surface area contributed by atoms with Crippen LogP contribution in [0.4, 0.5) is 10.1 Å². The molecule has 0 saturated carbocycles. The summed E-state index contributed by atoms with van der Waals surface area (Å²) in [5.41, 5.74) is 2.51. The summed E-state index contributed by atoms with van der Waals surface area (Å²) in [6.07, 6.45) is 1.66. The molecule has 0 saturated heterocycles. The van der Waals surface area contributed by atoms with Crippen molar-refractivity contribution in [3.8, 4) is 0 Å². The topological polar surface area (TPSA) is 46.2 Å². The van der Waals surface area contributed by atoms with Gasteiger partial charge in [0.05, 0.1) is 5.41 Å². The molecule has 1 atom stereocenters. The fourth-order valence-electron chi connectivity index (χ4n) is 2.47. The van der Waals surface area contributed by atoms with Crippen LogP contribution in [0.2, 0.25) is 0 Å². The van der Waals surface area contributed by atoms with Crippen molar-refractivity contribution >= 4 is 22.4 Å². The number of halogens is 1. The van der Waals surface area contributed by atoms with Crippen LogP contribution in [0.15, 0.2) is 42.5 Å². The molecule has 0 aliphatic carbocycles. The molecular formula is C19H22FNO2S. The van der Waals surface area contributed by atoms with E-state index in [-0.39, 0.29) is 11.7 Å². The van der Waals surface area contributed by atoms with E-state index in [1.165, 1.54) is 12.1 Å². The maximum atomic E-state index is 13.1. The van der Waals surface area contributed by atoms with Gasteiger partial charge in [0.15, 0.2) is 0 Å². The van der Waals surface area contributed by atoms with Crippen molar-refractivity contribution in [2.24, 2.45) is 0 Å². The van der Waals surface area contributed by atoms with E-state index in [0.29, 0.717) is 11.4 Å². The van der Waals surface area contributed by atoms with Gasteiger partial charge in [0.1, 0.15) is 5.82 Å². The van der Waals surface area contributed by atoms with Crippen LogP contribution in [0.3, 0.4) is 0 Å². The van der Waals surface area contributed by atoms with Crippen molar-refractivity contribution in [2.75, 3.05) is 11.6 Å². The largest absolute Gasteiger partial charge is 0.325 e. The molecule has 0 fully saturated rings. The molecule has 1 unspecified atom stereocenters. The summed E-state index contributed by atoms with van der Waals surface area (Å²) in [5, 5.41) is 2.95. The second-order valence-electron chi connectivity index (χ2n) is 6.39. The third-order valence-corrected chi connectivity index (χ3v) is 4.90. The molecule has 0 bridgehead atoms. The van der Waals surface area contributed by atoms with Gasteiger partial charge in [-0.25, -0.2) is 4.39 Å². The summed E-state index contributed by atoms with van der Waals surface area (Å²) in [6, 6.07) is 11.5. The molecule has 2 aromatic rings. The minimum atomic E-state index is -0.945. The zero-order chi connectivity index (χ0) is 17.9. The van der Waals surface area contributed by atoms with Gasteiger partial charge in [-0.2, -0.15) is 0 Å². The number of rotatable bonds is 5. The smallest absolute Gasteiger partial charge is 0.234 e. The zero-order valence-corrected chi connectivity index (χ0v) is 15.2. The fourth-order valence-corrected chi connectivity index (χ4v) is 3.22. The predicted octanol–water partition coefficient (Wildman–Crippen LogP) is 3.93. The van der Waals surface area contributed by atoms with Crippen LogP contribution in [0, 0.1) is 12.7 Å². The Hall–Kier alpha value is -2.01. The number of anilines is 1. The highest BCUT2D eigenvalue weighted by molar-refractivity contribution is 7.83. The number of nitrogens with one attached hydrogen (secondary N) is 1. The van der Waals surface area contributed by atoms with Crippen LogP contribution < -0.4 is 5.32 Å². The Morgan fingerprint density at radius 2 is 1.79 bits per heavy atom. The Balaban J connectivity index is 2.25. The van der Waals surface area contributed by atoms with Crippen molar-refractivity contribution in [1.29, 1.82) is 0 Å². The first-order chi connectivity index (χ1) is 11.2. The van der Waals surface area contributed by atoms with Crippen molar-refractivity contribution in [3.63, 3.8) is 0 Å². The van der Waals surface area contributed by atoms with Gasteiger partial charge in [-0.3, -0.25) is 9.00 Å². The maximum Gasteiger partial charge on any atom is 0.234 e. The summed E-state index contributed by atoms with van der Waals surface area (Å²) >= 11 is 0. The summed E-state index contributed by atoms with van der Waals surface area (Å²) in [4.78, 5) is 12.7. The van der Waals surface area contributed by atoms with Crippen LogP contribution in [0.5, 0.6) is 0 Å². The number of hydrogen-bond acceptors (Lipinski definition) is 2. The Morgan fingerprint density at radius 1 is 1.17 bits per heavy atom. The third kappa shape index (κ3) is 4.09. The summed E-state index contributed by atoms with van der Waals surface area (Å²) < 4.78 is 24.6. The number of hydrogen-bond donors (Lipinski definition) is 1. The fraction of sp³-hybridized carbons (Fsp3) is 0.316. The molecule has 128 valence electrons. The van der Waals surface area contributed by atoms with E-state index < -0.39 is 16.2 Å². The van der Waals surface area contributed by atoms with Crippen LogP contribution in [-0.4, -0.2) is 16.4 Å². The van der Waals surface area contributed by atoms with Gasteiger partial charge in [-0.1, -0.05) is 24.3 Å². The Morgan fingerprint density at radius 3 is 2.38 bits per heavy atom. The van der Waals surface area contributed by atoms with Gasteiger partial charge in [-0.05, 0) is 55.7 Å². The predicted molar refractivity (Wildman–Crippen MR) is 97.0 cm³/mol. The highest BCUT2D eigenvalue weighted by Gasteiger charge is 2.30. The molecule has 0 aromatic heterocycles. The second-order valence-corrected chi connectivity index (χ2v) is 7.83. The SMILES string of the molecule is Cc1c(CS(C)=O)cccc1NC(=O)C(C)(C)c1ccc(F)cc1. The molecule has 0 radical (unpaired) electrons. The number of amides is 1. The van der Waals surface area contributed by atoms with E-state index in [4.69, 9.17) is 0 Å². The van der Waals surface area contributed by atoms with E-state index in [1.54, 1.807) is 32.2 Å². The van der Waals surface area contributed by atoms with Crippen LogP contribution in [0.1, 0.15) is 30.5 Å². The second kappa shape index (κ2) is 7.26. The highest BCUT2D eigenvalue weighted by Crippen LogP contribution is 2.27. The summed E-state index contributed by atoms with van der Waals surface area (Å²) in [5.74, 6) is -0.0465. The van der Waals surface area contributed by atoms with Gasteiger partial charge in [-0.15, -0.1) is 0 Å². The lowest BCUT2D eigenvalue weighted by molar-refractivity contribution is -0.120. The molecule has 0 heterocycles. The number of benzene rings is 2. The minimum Gasteiger partial charge on any atom is -0.325 e. The van der Waals surface area contributed by atoms with Crippen molar-refractivity contribution < 1.29 is 13.4 Å². The van der Waals surface area contributed by atoms with Gasteiger partial charge in [0.2, 0.25) is 5.91 Å². The zero-order valence-electron chi connectivity index (χ0n) is 14.4. The van der Waals surface area contributed by atoms with Crippen molar-refractivity contribution in [2.45, 2.75) is 31.9 Å². The standard InChI is InChI=1S/C19H22FNO2S/c1-13-14(12-24(4)23)6-5-7-17(13)21-18(22)19(2,3)15-8-10-16(20)11-9-15/h5-11H,12H2,1-4H3,(H,21,22). The molecule has 1 N–H and O–H groups in total. The van der Waals surface area contributed by atoms with Crippen LogP contribution in [0.25, 0.3) is 0 Å². The van der Waals surface area contributed by atoms with E-state index in [0.717, 1.165) is 16.7 Å². The molecule has 2 rings (SSSR count). The minimum absolute atomic E-state index is 0.174. The average molecular weight is 347 g/mol. The Kier molecular flexibility index (Phi) is 5.54. The lowest BCUT2D eigenvalue weighted by Crippen LogP contribution is -2.35. The van der Waals surface area contributed by atoms with E-state index in [9.17, 15) is 13.4 Å². The molecule has 1 amide bonds. The molecule has 24 heavy (non-hydrogen) atoms. The van der Waals surface area contributed by atoms with Gasteiger partial charge in [0.25, 0.3) is 0 Å². The van der Waals surface area contributed by atoms with Gasteiger partial charge in [0, 0.05) is 28.5 Å². The molecular weight excluding hydrogens is 325 g/mol. The van der Waals surface area contributed by atoms with Crippen molar-refractivity contribution in [1.82, 2.24) is 0 Å². The number of carbonyl (C=O) groups excluding carboxylic acids is 1.